The molecule has 102 valence electrons. The zero-order valence-electron chi connectivity index (χ0n) is 11.0. The summed E-state index contributed by atoms with van der Waals surface area (Å²) in [5, 5.41) is 5.87. The Balaban J connectivity index is 1.89. The molecule has 1 fully saturated rings. The van der Waals surface area contributed by atoms with Crippen LogP contribution in [0.1, 0.15) is 43.7 Å². The molecule has 2 rings (SSSR count). The molecular formula is C12H21N3OS2. The van der Waals surface area contributed by atoms with Crippen molar-refractivity contribution in [3.05, 3.63) is 11.7 Å². The summed E-state index contributed by atoms with van der Waals surface area (Å²) < 4.78 is 5.30. The minimum atomic E-state index is 0.383. The Morgan fingerprint density at radius 1 is 1.33 bits per heavy atom. The Hall–Kier alpha value is -0.200. The van der Waals surface area contributed by atoms with Crippen molar-refractivity contribution in [2.24, 2.45) is 5.73 Å². The topological polar surface area (TPSA) is 64.9 Å². The third-order valence-electron chi connectivity index (χ3n) is 3.17. The van der Waals surface area contributed by atoms with Crippen LogP contribution in [0.2, 0.25) is 0 Å². The van der Waals surface area contributed by atoms with Gasteiger partial charge in [-0.1, -0.05) is 19.0 Å². The standard InChI is InChI=1S/C12H21N3OS2/c1-8-9(2)18-10(7-17-8)12-14-11(16-15-12)5-3-4-6-13/h8-10H,3-7,13H2,1-2H3. The van der Waals surface area contributed by atoms with Crippen molar-refractivity contribution in [1.82, 2.24) is 10.1 Å². The molecule has 2 heterocycles. The van der Waals surface area contributed by atoms with Gasteiger partial charge in [-0.15, -0.1) is 11.8 Å². The van der Waals surface area contributed by atoms with Gasteiger partial charge in [0.15, 0.2) is 5.82 Å². The summed E-state index contributed by atoms with van der Waals surface area (Å²) >= 11 is 3.96. The third kappa shape index (κ3) is 3.65. The highest BCUT2D eigenvalue weighted by Gasteiger charge is 2.29. The van der Waals surface area contributed by atoms with E-state index in [0.717, 1.165) is 43.3 Å². The van der Waals surface area contributed by atoms with Crippen LogP contribution < -0.4 is 5.73 Å². The molecule has 1 aromatic heterocycles. The van der Waals surface area contributed by atoms with Gasteiger partial charge in [-0.3, -0.25) is 0 Å². The average molecular weight is 287 g/mol. The van der Waals surface area contributed by atoms with Crippen LogP contribution in [0.4, 0.5) is 0 Å². The normalized spacial score (nSPS) is 28.5. The molecule has 0 aromatic carbocycles. The first-order valence-electron chi connectivity index (χ1n) is 6.50. The molecule has 3 atom stereocenters. The molecule has 1 aromatic rings. The number of nitrogens with two attached hydrogens (primary N) is 1. The molecule has 0 saturated carbocycles. The van der Waals surface area contributed by atoms with E-state index in [1.807, 2.05) is 23.5 Å². The monoisotopic (exact) mass is 287 g/mol. The average Bonchev–Trinajstić information content (AvgIpc) is 2.82. The van der Waals surface area contributed by atoms with Gasteiger partial charge in [0.1, 0.15) is 0 Å². The van der Waals surface area contributed by atoms with Gasteiger partial charge >= 0.3 is 0 Å². The summed E-state index contributed by atoms with van der Waals surface area (Å²) in [6, 6.07) is 0. The highest BCUT2D eigenvalue weighted by Crippen LogP contribution is 2.43. The second kappa shape index (κ2) is 6.82. The summed E-state index contributed by atoms with van der Waals surface area (Å²) in [5.41, 5.74) is 5.47. The van der Waals surface area contributed by atoms with Gasteiger partial charge in [-0.05, 0) is 19.4 Å². The van der Waals surface area contributed by atoms with Gasteiger partial charge in [0.25, 0.3) is 0 Å². The molecule has 18 heavy (non-hydrogen) atoms. The maximum Gasteiger partial charge on any atom is 0.226 e. The van der Waals surface area contributed by atoms with Crippen LogP contribution in [0.5, 0.6) is 0 Å². The molecule has 0 amide bonds. The van der Waals surface area contributed by atoms with Gasteiger partial charge in [0, 0.05) is 22.7 Å². The summed E-state index contributed by atoms with van der Waals surface area (Å²) in [6.07, 6.45) is 2.89. The third-order valence-corrected chi connectivity index (χ3v) is 6.55. The zero-order valence-corrected chi connectivity index (χ0v) is 12.6. The predicted molar refractivity (Wildman–Crippen MR) is 78.0 cm³/mol. The summed E-state index contributed by atoms with van der Waals surface area (Å²) in [6.45, 7) is 5.29. The predicted octanol–water partition coefficient (Wildman–Crippen LogP) is 2.65. The molecule has 1 aliphatic heterocycles. The van der Waals surface area contributed by atoms with E-state index in [1.165, 1.54) is 0 Å². The number of aryl methyl sites for hydroxylation is 1. The first kappa shape index (κ1) is 14.2. The van der Waals surface area contributed by atoms with E-state index in [-0.39, 0.29) is 0 Å². The maximum absolute atomic E-state index is 5.47. The number of unbranched alkanes of at least 4 members (excludes halogenated alkanes) is 1. The van der Waals surface area contributed by atoms with Gasteiger partial charge in [-0.2, -0.15) is 16.7 Å². The fourth-order valence-electron chi connectivity index (χ4n) is 1.84. The minimum absolute atomic E-state index is 0.383. The van der Waals surface area contributed by atoms with Crippen LogP contribution in [-0.4, -0.2) is 32.9 Å². The van der Waals surface area contributed by atoms with E-state index in [9.17, 15) is 0 Å². The molecule has 1 saturated heterocycles. The van der Waals surface area contributed by atoms with Crippen LogP contribution >= 0.6 is 23.5 Å². The first-order chi connectivity index (χ1) is 8.70. The Labute approximate surface area is 117 Å². The molecule has 0 spiro atoms. The van der Waals surface area contributed by atoms with Crippen molar-refractivity contribution in [2.75, 3.05) is 12.3 Å². The quantitative estimate of drug-likeness (QED) is 0.840. The molecule has 0 bridgehead atoms. The van der Waals surface area contributed by atoms with Gasteiger partial charge in [0.2, 0.25) is 5.89 Å². The van der Waals surface area contributed by atoms with Crippen LogP contribution in [-0.2, 0) is 6.42 Å². The van der Waals surface area contributed by atoms with E-state index in [4.69, 9.17) is 10.3 Å². The molecule has 6 heteroatoms. The molecule has 0 aliphatic carbocycles. The Morgan fingerprint density at radius 3 is 2.89 bits per heavy atom. The second-order valence-corrected chi connectivity index (χ2v) is 7.66. The SMILES string of the molecule is CC1SCC(c2noc(CCCCN)n2)SC1C. The van der Waals surface area contributed by atoms with Crippen molar-refractivity contribution in [3.63, 3.8) is 0 Å². The Morgan fingerprint density at radius 2 is 2.17 bits per heavy atom. The molecule has 1 aliphatic rings. The minimum Gasteiger partial charge on any atom is -0.339 e. The van der Waals surface area contributed by atoms with E-state index in [0.29, 0.717) is 15.7 Å². The molecule has 0 radical (unpaired) electrons. The van der Waals surface area contributed by atoms with Crippen LogP contribution in [0.25, 0.3) is 0 Å². The van der Waals surface area contributed by atoms with Crippen LogP contribution in [0.15, 0.2) is 4.52 Å². The lowest BCUT2D eigenvalue weighted by molar-refractivity contribution is 0.369. The highest BCUT2D eigenvalue weighted by molar-refractivity contribution is 8.07. The maximum atomic E-state index is 5.47. The van der Waals surface area contributed by atoms with Crippen molar-refractivity contribution in [3.8, 4) is 0 Å². The lowest BCUT2D eigenvalue weighted by Crippen LogP contribution is -2.22. The second-order valence-electron chi connectivity index (χ2n) is 4.66. The summed E-state index contributed by atoms with van der Waals surface area (Å²) in [7, 11) is 0. The number of rotatable bonds is 5. The summed E-state index contributed by atoms with van der Waals surface area (Å²) in [5.74, 6) is 2.71. The number of aromatic nitrogens is 2. The molecule has 3 unspecified atom stereocenters. The van der Waals surface area contributed by atoms with E-state index >= 15 is 0 Å². The molecule has 4 nitrogen and oxygen atoms in total. The van der Waals surface area contributed by atoms with E-state index < -0.39 is 0 Å². The number of thioether (sulfide) groups is 2. The number of nitrogens with zero attached hydrogens (tertiary/aromatic N) is 2. The van der Waals surface area contributed by atoms with Crippen molar-refractivity contribution >= 4 is 23.5 Å². The van der Waals surface area contributed by atoms with Crippen LogP contribution in [0, 0.1) is 0 Å². The van der Waals surface area contributed by atoms with Crippen molar-refractivity contribution in [1.29, 1.82) is 0 Å². The first-order valence-corrected chi connectivity index (χ1v) is 8.49. The fourth-order valence-corrected chi connectivity index (χ4v) is 4.67. The van der Waals surface area contributed by atoms with E-state index in [1.54, 1.807) is 0 Å². The number of hydrogen-bond acceptors (Lipinski definition) is 6. The largest absolute Gasteiger partial charge is 0.339 e. The van der Waals surface area contributed by atoms with Gasteiger partial charge in [-0.25, -0.2) is 0 Å². The van der Waals surface area contributed by atoms with E-state index in [2.05, 4.69) is 24.0 Å². The Kier molecular flexibility index (Phi) is 5.38. The molecular weight excluding hydrogens is 266 g/mol. The van der Waals surface area contributed by atoms with Gasteiger partial charge in [0.05, 0.1) is 5.25 Å². The fraction of sp³-hybridized carbons (Fsp3) is 0.833. The van der Waals surface area contributed by atoms with Crippen LogP contribution in [0.3, 0.4) is 0 Å². The Bertz CT molecular complexity index is 372. The zero-order chi connectivity index (χ0) is 13.0. The smallest absolute Gasteiger partial charge is 0.226 e. The highest BCUT2D eigenvalue weighted by atomic mass is 32.2. The molecule has 2 N–H and O–H groups in total. The van der Waals surface area contributed by atoms with Crippen molar-refractivity contribution in [2.45, 2.75) is 48.9 Å². The lowest BCUT2D eigenvalue weighted by Gasteiger charge is -2.29. The summed E-state index contributed by atoms with van der Waals surface area (Å²) in [4.78, 5) is 4.51. The van der Waals surface area contributed by atoms with Crippen molar-refractivity contribution < 1.29 is 4.52 Å². The number of hydrogen-bond donors (Lipinski definition) is 1. The van der Waals surface area contributed by atoms with Gasteiger partial charge < -0.3 is 10.3 Å². The lowest BCUT2D eigenvalue weighted by atomic mass is 10.2.